The number of carboxylic acid groups (broad SMARTS) is 1. The van der Waals surface area contributed by atoms with Gasteiger partial charge in [0, 0.05) is 5.56 Å². The van der Waals surface area contributed by atoms with Crippen molar-refractivity contribution in [1.29, 1.82) is 5.26 Å². The molecule has 4 nitrogen and oxygen atoms in total. The molecule has 2 N–H and O–H groups in total. The van der Waals surface area contributed by atoms with Gasteiger partial charge in [0.15, 0.2) is 0 Å². The summed E-state index contributed by atoms with van der Waals surface area (Å²) in [4.78, 5) is 11.1. The van der Waals surface area contributed by atoms with E-state index in [1.807, 2.05) is 54.6 Å². The van der Waals surface area contributed by atoms with Crippen molar-refractivity contribution >= 4 is 22.3 Å². The fourth-order valence-corrected chi connectivity index (χ4v) is 2.74. The zero-order chi connectivity index (χ0) is 17.1. The molecule has 0 heterocycles. The van der Waals surface area contributed by atoms with E-state index in [9.17, 15) is 15.2 Å². The van der Waals surface area contributed by atoms with Crippen LogP contribution in [0.25, 0.3) is 27.5 Å². The molecule has 3 rings (SSSR count). The van der Waals surface area contributed by atoms with E-state index in [1.165, 1.54) is 0 Å². The molecule has 0 spiro atoms. The number of carbonyl (C=O) groups is 1. The van der Waals surface area contributed by atoms with Gasteiger partial charge in [-0.2, -0.15) is 5.26 Å². The van der Waals surface area contributed by atoms with Crippen LogP contribution in [0.5, 0.6) is 0 Å². The summed E-state index contributed by atoms with van der Waals surface area (Å²) in [6, 6.07) is 22.4. The van der Waals surface area contributed by atoms with E-state index >= 15 is 0 Å². The first-order valence-electron chi connectivity index (χ1n) is 7.27. The van der Waals surface area contributed by atoms with Crippen molar-refractivity contribution in [3.8, 4) is 17.2 Å². The van der Waals surface area contributed by atoms with Crippen molar-refractivity contribution in [2.75, 3.05) is 0 Å². The summed E-state index contributed by atoms with van der Waals surface area (Å²) in [5.41, 5.74) is 1.69. The fraction of sp³-hybridized carbons (Fsp3) is 0. The minimum atomic E-state index is -1.53. The molecule has 0 saturated carbocycles. The number of nitriles is 1. The van der Waals surface area contributed by atoms with Crippen molar-refractivity contribution in [3.63, 3.8) is 0 Å². The smallest absolute Gasteiger partial charge is 0.372 e. The predicted molar refractivity (Wildman–Crippen MR) is 92.2 cm³/mol. The van der Waals surface area contributed by atoms with Crippen LogP contribution < -0.4 is 0 Å². The maximum atomic E-state index is 11.1. The molecule has 24 heavy (non-hydrogen) atoms. The number of aliphatic carboxylic acids is 1. The van der Waals surface area contributed by atoms with Crippen LogP contribution >= 0.6 is 0 Å². The van der Waals surface area contributed by atoms with E-state index in [-0.39, 0.29) is 5.57 Å². The Balaban J connectivity index is 2.34. The third-order valence-corrected chi connectivity index (χ3v) is 3.83. The summed E-state index contributed by atoms with van der Waals surface area (Å²) in [6.45, 7) is 0. The highest BCUT2D eigenvalue weighted by Crippen LogP contribution is 2.34. The van der Waals surface area contributed by atoms with Crippen molar-refractivity contribution in [3.05, 3.63) is 78.1 Å². The molecule has 0 aliphatic rings. The predicted octanol–water partition coefficient (Wildman–Crippen LogP) is 4.38. The number of hydrogen-bond donors (Lipinski definition) is 2. The number of rotatable bonds is 3. The van der Waals surface area contributed by atoms with E-state index in [0.717, 1.165) is 16.3 Å². The lowest BCUT2D eigenvalue weighted by atomic mass is 9.91. The van der Waals surface area contributed by atoms with Crippen LogP contribution in [0.2, 0.25) is 0 Å². The van der Waals surface area contributed by atoms with E-state index in [0.29, 0.717) is 11.1 Å². The van der Waals surface area contributed by atoms with Gasteiger partial charge in [-0.25, -0.2) is 4.79 Å². The maximum Gasteiger partial charge on any atom is 0.372 e. The SMILES string of the molecule is N#CC(=C(O)C(=O)O)c1ccccc1-c1cccc2ccccc12. The molecule has 0 unspecified atom stereocenters. The second-order valence-corrected chi connectivity index (χ2v) is 5.21. The summed E-state index contributed by atoms with van der Waals surface area (Å²) >= 11 is 0. The lowest BCUT2D eigenvalue weighted by Crippen LogP contribution is -2.03. The van der Waals surface area contributed by atoms with Crippen LogP contribution in [0.15, 0.2) is 72.5 Å². The average molecular weight is 315 g/mol. The number of aliphatic hydroxyl groups is 1. The molecular weight excluding hydrogens is 302 g/mol. The lowest BCUT2D eigenvalue weighted by molar-refractivity contribution is -0.135. The molecule has 0 amide bonds. The molecule has 3 aromatic carbocycles. The van der Waals surface area contributed by atoms with E-state index in [2.05, 4.69) is 0 Å². The van der Waals surface area contributed by atoms with E-state index < -0.39 is 11.7 Å². The Morgan fingerprint density at radius 3 is 2.21 bits per heavy atom. The minimum Gasteiger partial charge on any atom is -0.501 e. The second-order valence-electron chi connectivity index (χ2n) is 5.21. The molecule has 0 aromatic heterocycles. The number of carboxylic acids is 1. The van der Waals surface area contributed by atoms with Crippen molar-refractivity contribution in [1.82, 2.24) is 0 Å². The Labute approximate surface area is 138 Å². The zero-order valence-corrected chi connectivity index (χ0v) is 12.6. The molecule has 0 bridgehead atoms. The third-order valence-electron chi connectivity index (χ3n) is 3.83. The Morgan fingerprint density at radius 2 is 1.46 bits per heavy atom. The van der Waals surface area contributed by atoms with Gasteiger partial charge >= 0.3 is 5.97 Å². The van der Waals surface area contributed by atoms with Gasteiger partial charge in [0.25, 0.3) is 0 Å². The minimum absolute atomic E-state index is 0.258. The molecule has 0 atom stereocenters. The lowest BCUT2D eigenvalue weighted by Gasteiger charge is -2.12. The summed E-state index contributed by atoms with van der Waals surface area (Å²) in [7, 11) is 0. The number of aliphatic hydroxyl groups excluding tert-OH is 1. The molecule has 116 valence electrons. The highest BCUT2D eigenvalue weighted by Gasteiger charge is 2.18. The average Bonchev–Trinajstić information content (AvgIpc) is 2.62. The molecule has 3 aromatic rings. The number of nitrogens with zero attached hydrogens (tertiary/aromatic N) is 1. The van der Waals surface area contributed by atoms with E-state index in [4.69, 9.17) is 5.11 Å². The van der Waals surface area contributed by atoms with Crippen LogP contribution in [0.3, 0.4) is 0 Å². The monoisotopic (exact) mass is 315 g/mol. The highest BCUT2D eigenvalue weighted by molar-refractivity contribution is 6.04. The molecular formula is C20H13NO3. The Kier molecular flexibility index (Phi) is 4.00. The van der Waals surface area contributed by atoms with Gasteiger partial charge in [0.05, 0.1) is 0 Å². The normalized spacial score (nSPS) is 11.6. The Bertz CT molecular complexity index is 1010. The van der Waals surface area contributed by atoms with Gasteiger partial charge in [-0.3, -0.25) is 0 Å². The summed E-state index contributed by atoms with van der Waals surface area (Å²) in [5.74, 6) is -2.48. The fourth-order valence-electron chi connectivity index (χ4n) is 2.74. The van der Waals surface area contributed by atoms with Crippen LogP contribution in [0, 0.1) is 11.3 Å². The second kappa shape index (κ2) is 6.27. The zero-order valence-electron chi connectivity index (χ0n) is 12.6. The van der Waals surface area contributed by atoms with Crippen LogP contribution in [0.1, 0.15) is 5.56 Å². The summed E-state index contributed by atoms with van der Waals surface area (Å²) in [5, 5.41) is 30.2. The first-order chi connectivity index (χ1) is 11.6. The van der Waals surface area contributed by atoms with Crippen LogP contribution in [0.4, 0.5) is 0 Å². The topological polar surface area (TPSA) is 81.3 Å². The molecule has 4 heteroatoms. The van der Waals surface area contributed by atoms with Crippen LogP contribution in [-0.4, -0.2) is 16.2 Å². The van der Waals surface area contributed by atoms with Crippen LogP contribution in [-0.2, 0) is 4.79 Å². The Morgan fingerprint density at radius 1 is 0.833 bits per heavy atom. The number of fused-ring (bicyclic) bond motifs is 1. The highest BCUT2D eigenvalue weighted by atomic mass is 16.4. The van der Waals surface area contributed by atoms with Crippen molar-refractivity contribution in [2.24, 2.45) is 0 Å². The number of benzene rings is 3. The standard InChI is InChI=1S/C20H13NO3/c21-12-18(19(22)20(23)24)17-10-4-3-9-16(17)15-11-5-7-13-6-1-2-8-14(13)15/h1-11,22H,(H,23,24). The van der Waals surface area contributed by atoms with Gasteiger partial charge in [-0.1, -0.05) is 66.7 Å². The van der Waals surface area contributed by atoms with Gasteiger partial charge in [0.1, 0.15) is 11.6 Å². The first-order valence-corrected chi connectivity index (χ1v) is 7.27. The van der Waals surface area contributed by atoms with Gasteiger partial charge in [-0.15, -0.1) is 0 Å². The Hall–Kier alpha value is -3.58. The number of hydrogen-bond acceptors (Lipinski definition) is 3. The quantitative estimate of drug-likeness (QED) is 0.427. The molecule has 0 aliphatic carbocycles. The molecule has 0 saturated heterocycles. The summed E-state index contributed by atoms with van der Waals surface area (Å²) < 4.78 is 0. The molecule has 0 aliphatic heterocycles. The largest absolute Gasteiger partial charge is 0.501 e. The molecule has 0 fully saturated rings. The van der Waals surface area contributed by atoms with Crippen molar-refractivity contribution in [2.45, 2.75) is 0 Å². The van der Waals surface area contributed by atoms with E-state index in [1.54, 1.807) is 18.2 Å². The first kappa shape index (κ1) is 15.3. The third kappa shape index (κ3) is 2.59. The molecule has 0 radical (unpaired) electrons. The number of allylic oxidation sites excluding steroid dienone is 1. The van der Waals surface area contributed by atoms with Gasteiger partial charge in [-0.05, 0) is 21.9 Å². The van der Waals surface area contributed by atoms with Gasteiger partial charge in [0.2, 0.25) is 5.76 Å². The van der Waals surface area contributed by atoms with Gasteiger partial charge < -0.3 is 10.2 Å². The maximum absolute atomic E-state index is 11.1. The van der Waals surface area contributed by atoms with Crippen molar-refractivity contribution < 1.29 is 15.0 Å². The summed E-state index contributed by atoms with van der Waals surface area (Å²) in [6.07, 6.45) is 0.